The maximum atomic E-state index is 12.8. The molecule has 1 saturated heterocycles. The fourth-order valence-corrected chi connectivity index (χ4v) is 5.27. The van der Waals surface area contributed by atoms with Crippen molar-refractivity contribution in [2.24, 2.45) is 5.92 Å². The van der Waals surface area contributed by atoms with Crippen molar-refractivity contribution < 1.29 is 14.3 Å². The van der Waals surface area contributed by atoms with Crippen LogP contribution in [0.3, 0.4) is 0 Å². The number of nitrogens with one attached hydrogen (secondary N) is 2. The van der Waals surface area contributed by atoms with E-state index in [0.29, 0.717) is 12.1 Å². The van der Waals surface area contributed by atoms with Crippen molar-refractivity contribution in [1.82, 2.24) is 15.6 Å². The first-order valence-electron chi connectivity index (χ1n) is 11.4. The number of benzene rings is 1. The average Bonchev–Trinajstić information content (AvgIpc) is 2.80. The molecule has 0 unspecified atom stereocenters. The van der Waals surface area contributed by atoms with Gasteiger partial charge >= 0.3 is 0 Å². The summed E-state index contributed by atoms with van der Waals surface area (Å²) in [6.45, 7) is 1.69. The topological polar surface area (TPSA) is 72.5 Å². The van der Waals surface area contributed by atoms with Crippen LogP contribution < -0.4 is 15.4 Å². The second-order valence-electron chi connectivity index (χ2n) is 8.93. The maximum Gasteiger partial charge on any atom is 0.223 e. The smallest absolute Gasteiger partial charge is 0.223 e. The molecule has 5 rings (SSSR count). The highest BCUT2D eigenvalue weighted by atomic mass is 16.5. The summed E-state index contributed by atoms with van der Waals surface area (Å²) in [4.78, 5) is 17.0. The number of hydrogen-bond acceptors (Lipinski definition) is 5. The molecular weight excluding hydrogens is 378 g/mol. The van der Waals surface area contributed by atoms with Gasteiger partial charge in [0.1, 0.15) is 5.75 Å². The SMILES string of the molecule is O=C(NC1CCC(Oc2cccc3cnccc23)CC1)[C@H]1CC[C@H]2OCCN[C@@H]2C1. The second-order valence-corrected chi connectivity index (χ2v) is 8.93. The van der Waals surface area contributed by atoms with Gasteiger partial charge in [0.2, 0.25) is 5.91 Å². The normalized spacial score (nSPS) is 31.7. The minimum absolute atomic E-state index is 0.110. The van der Waals surface area contributed by atoms with Crippen LogP contribution in [0.25, 0.3) is 10.8 Å². The minimum atomic E-state index is 0.110. The third-order valence-corrected chi connectivity index (χ3v) is 6.95. The fourth-order valence-electron chi connectivity index (χ4n) is 5.27. The Labute approximate surface area is 177 Å². The molecule has 2 saturated carbocycles. The molecule has 0 radical (unpaired) electrons. The lowest BCUT2D eigenvalue weighted by Crippen LogP contribution is -2.53. The van der Waals surface area contributed by atoms with Gasteiger partial charge in [0.25, 0.3) is 0 Å². The van der Waals surface area contributed by atoms with E-state index in [-0.39, 0.29) is 24.0 Å². The molecule has 6 heteroatoms. The number of pyridine rings is 1. The van der Waals surface area contributed by atoms with E-state index in [4.69, 9.17) is 9.47 Å². The number of amides is 1. The Morgan fingerprint density at radius 2 is 2.03 bits per heavy atom. The van der Waals surface area contributed by atoms with Crippen LogP contribution in [0, 0.1) is 5.92 Å². The van der Waals surface area contributed by atoms with Gasteiger partial charge in [-0.2, -0.15) is 0 Å². The van der Waals surface area contributed by atoms with Crippen molar-refractivity contribution in [3.63, 3.8) is 0 Å². The first kappa shape index (κ1) is 19.8. The summed E-state index contributed by atoms with van der Waals surface area (Å²) in [6.07, 6.45) is 10.9. The van der Waals surface area contributed by atoms with Gasteiger partial charge in [0.05, 0.1) is 18.8 Å². The summed E-state index contributed by atoms with van der Waals surface area (Å²) in [5, 5.41) is 9.06. The number of aromatic nitrogens is 1. The van der Waals surface area contributed by atoms with E-state index >= 15 is 0 Å². The highest BCUT2D eigenvalue weighted by molar-refractivity contribution is 5.87. The number of nitrogens with zero attached hydrogens (tertiary/aromatic N) is 1. The van der Waals surface area contributed by atoms with Crippen LogP contribution in [0.15, 0.2) is 36.7 Å². The molecule has 1 amide bonds. The molecule has 1 aliphatic heterocycles. The van der Waals surface area contributed by atoms with Gasteiger partial charge in [0.15, 0.2) is 0 Å². The van der Waals surface area contributed by atoms with Crippen LogP contribution in [-0.4, -0.2) is 48.3 Å². The van der Waals surface area contributed by atoms with Crippen molar-refractivity contribution in [2.45, 2.75) is 69.2 Å². The summed E-state index contributed by atoms with van der Waals surface area (Å²) in [6, 6.07) is 8.73. The monoisotopic (exact) mass is 409 g/mol. The Hall–Kier alpha value is -2.18. The number of carbonyl (C=O) groups is 1. The molecule has 6 nitrogen and oxygen atoms in total. The molecule has 160 valence electrons. The standard InChI is InChI=1S/C24H31N3O3/c28-24(16-4-9-23-21(14-16)26-12-13-29-23)27-18-5-7-19(8-6-18)30-22-3-1-2-17-15-25-11-10-20(17)22/h1-3,10-11,15-16,18-19,21,23,26H,4-9,12-14H2,(H,27,28)/t16-,18?,19?,21+,23+/m0/s1. The van der Waals surface area contributed by atoms with Gasteiger partial charge in [-0.3, -0.25) is 9.78 Å². The van der Waals surface area contributed by atoms with Crippen LogP contribution in [0.2, 0.25) is 0 Å². The van der Waals surface area contributed by atoms with E-state index in [0.717, 1.165) is 74.6 Å². The van der Waals surface area contributed by atoms with Gasteiger partial charge in [-0.1, -0.05) is 12.1 Å². The molecule has 3 fully saturated rings. The van der Waals surface area contributed by atoms with Crippen molar-refractivity contribution in [2.75, 3.05) is 13.2 Å². The number of rotatable bonds is 4. The Morgan fingerprint density at radius 1 is 1.13 bits per heavy atom. The zero-order chi connectivity index (χ0) is 20.3. The predicted octanol–water partition coefficient (Wildman–Crippen LogP) is 3.20. The quantitative estimate of drug-likeness (QED) is 0.811. The summed E-state index contributed by atoms with van der Waals surface area (Å²) in [7, 11) is 0. The zero-order valence-corrected chi connectivity index (χ0v) is 17.4. The molecule has 30 heavy (non-hydrogen) atoms. The van der Waals surface area contributed by atoms with Crippen LogP contribution in [0.1, 0.15) is 44.9 Å². The van der Waals surface area contributed by atoms with Crippen LogP contribution in [-0.2, 0) is 9.53 Å². The highest BCUT2D eigenvalue weighted by Gasteiger charge is 2.36. The largest absolute Gasteiger partial charge is 0.490 e. The van der Waals surface area contributed by atoms with Gasteiger partial charge in [-0.05, 0) is 57.1 Å². The van der Waals surface area contributed by atoms with E-state index in [1.807, 2.05) is 30.6 Å². The number of fused-ring (bicyclic) bond motifs is 2. The number of carbonyl (C=O) groups excluding carboxylic acids is 1. The Morgan fingerprint density at radius 3 is 2.93 bits per heavy atom. The number of morpholine rings is 1. The maximum absolute atomic E-state index is 12.8. The molecular formula is C24H31N3O3. The second kappa shape index (κ2) is 8.90. The van der Waals surface area contributed by atoms with E-state index in [9.17, 15) is 4.79 Å². The third-order valence-electron chi connectivity index (χ3n) is 6.95. The van der Waals surface area contributed by atoms with Gasteiger partial charge in [-0.25, -0.2) is 0 Å². The number of ether oxygens (including phenoxy) is 2. The van der Waals surface area contributed by atoms with Crippen LogP contribution in [0.5, 0.6) is 5.75 Å². The lowest BCUT2D eigenvalue weighted by molar-refractivity contribution is -0.129. The summed E-state index contributed by atoms with van der Waals surface area (Å²) < 4.78 is 12.2. The first-order valence-corrected chi connectivity index (χ1v) is 11.4. The molecule has 0 bridgehead atoms. The van der Waals surface area contributed by atoms with E-state index in [1.54, 1.807) is 0 Å². The molecule has 2 N–H and O–H groups in total. The lowest BCUT2D eigenvalue weighted by Gasteiger charge is -2.39. The molecule has 1 aromatic carbocycles. The first-order chi connectivity index (χ1) is 14.8. The summed E-state index contributed by atoms with van der Waals surface area (Å²) >= 11 is 0. The number of hydrogen-bond donors (Lipinski definition) is 2. The van der Waals surface area contributed by atoms with Crippen molar-refractivity contribution in [3.8, 4) is 5.75 Å². The van der Waals surface area contributed by atoms with Crippen molar-refractivity contribution in [3.05, 3.63) is 36.7 Å². The molecule has 2 aliphatic carbocycles. The van der Waals surface area contributed by atoms with E-state index in [2.05, 4.69) is 21.7 Å². The molecule has 2 aromatic rings. The average molecular weight is 410 g/mol. The van der Waals surface area contributed by atoms with E-state index < -0.39 is 0 Å². The highest BCUT2D eigenvalue weighted by Crippen LogP contribution is 2.31. The molecule has 3 aliphatic rings. The Kier molecular flexibility index (Phi) is 5.86. The van der Waals surface area contributed by atoms with Crippen molar-refractivity contribution >= 4 is 16.7 Å². The van der Waals surface area contributed by atoms with Gasteiger partial charge in [0, 0.05) is 47.7 Å². The van der Waals surface area contributed by atoms with Gasteiger partial charge in [-0.15, -0.1) is 0 Å². The Balaban J connectivity index is 1.11. The minimum Gasteiger partial charge on any atom is -0.490 e. The zero-order valence-electron chi connectivity index (χ0n) is 17.4. The summed E-state index contributed by atoms with van der Waals surface area (Å²) in [5.74, 6) is 1.27. The molecule has 3 atom stereocenters. The molecule has 2 heterocycles. The molecule has 0 spiro atoms. The Bertz CT molecular complexity index is 876. The van der Waals surface area contributed by atoms with Crippen LogP contribution in [0.4, 0.5) is 0 Å². The molecule has 1 aromatic heterocycles. The fraction of sp³-hybridized carbons (Fsp3) is 0.583. The van der Waals surface area contributed by atoms with Gasteiger partial charge < -0.3 is 20.1 Å². The predicted molar refractivity (Wildman–Crippen MR) is 115 cm³/mol. The third kappa shape index (κ3) is 4.30. The van der Waals surface area contributed by atoms with Crippen molar-refractivity contribution in [1.29, 1.82) is 0 Å². The lowest BCUT2D eigenvalue weighted by atomic mass is 9.82. The van der Waals surface area contributed by atoms with Crippen LogP contribution >= 0.6 is 0 Å². The van der Waals surface area contributed by atoms with E-state index in [1.165, 1.54) is 0 Å². The summed E-state index contributed by atoms with van der Waals surface area (Å²) in [5.41, 5.74) is 0.